The lowest BCUT2D eigenvalue weighted by atomic mass is 9.94. The van der Waals surface area contributed by atoms with E-state index in [0.717, 1.165) is 11.1 Å². The molecular weight excluding hydrogens is 248 g/mol. The second-order valence-electron chi connectivity index (χ2n) is 5.61. The molecule has 3 heteroatoms. The van der Waals surface area contributed by atoms with E-state index in [2.05, 4.69) is 10.3 Å². The van der Waals surface area contributed by atoms with Crippen LogP contribution in [0.2, 0.25) is 0 Å². The summed E-state index contributed by atoms with van der Waals surface area (Å²) >= 11 is 0. The van der Waals surface area contributed by atoms with Crippen LogP contribution in [0, 0.1) is 13.8 Å². The van der Waals surface area contributed by atoms with Gasteiger partial charge in [0.1, 0.15) is 0 Å². The van der Waals surface area contributed by atoms with E-state index in [1.807, 2.05) is 58.0 Å². The molecule has 1 amide bonds. The lowest BCUT2D eigenvalue weighted by Crippen LogP contribution is -2.41. The molecule has 0 saturated heterocycles. The lowest BCUT2D eigenvalue weighted by molar-refractivity contribution is 0.0912. The van der Waals surface area contributed by atoms with Gasteiger partial charge < -0.3 is 5.32 Å². The fourth-order valence-corrected chi connectivity index (χ4v) is 2.08. The Hall–Kier alpha value is -2.16. The highest BCUT2D eigenvalue weighted by Crippen LogP contribution is 2.20. The van der Waals surface area contributed by atoms with Gasteiger partial charge in [0.15, 0.2) is 0 Å². The summed E-state index contributed by atoms with van der Waals surface area (Å²) in [7, 11) is 0. The number of amides is 1. The van der Waals surface area contributed by atoms with Crippen LogP contribution in [-0.4, -0.2) is 10.9 Å². The van der Waals surface area contributed by atoms with Crippen molar-refractivity contribution in [1.29, 1.82) is 0 Å². The minimum Gasteiger partial charge on any atom is -0.343 e. The van der Waals surface area contributed by atoms with Crippen LogP contribution in [-0.2, 0) is 5.54 Å². The maximum Gasteiger partial charge on any atom is 0.251 e. The number of hydrogen-bond acceptors (Lipinski definition) is 2. The van der Waals surface area contributed by atoms with Crippen LogP contribution in [0.5, 0.6) is 0 Å². The molecule has 1 aromatic carbocycles. The standard InChI is InChI=1S/C17H20N2O/c1-12-5-6-14(11-13(12)2)16(20)19-17(3,4)15-7-9-18-10-8-15/h5-11H,1-4H3,(H,19,20). The molecule has 0 radical (unpaired) electrons. The molecule has 2 aromatic rings. The van der Waals surface area contributed by atoms with Gasteiger partial charge in [-0.1, -0.05) is 6.07 Å². The molecule has 1 N–H and O–H groups in total. The Labute approximate surface area is 120 Å². The van der Waals surface area contributed by atoms with E-state index in [1.54, 1.807) is 12.4 Å². The molecular formula is C17H20N2O. The summed E-state index contributed by atoms with van der Waals surface area (Å²) in [6.45, 7) is 8.03. The minimum absolute atomic E-state index is 0.0603. The van der Waals surface area contributed by atoms with Crippen molar-refractivity contribution in [3.8, 4) is 0 Å². The van der Waals surface area contributed by atoms with Crippen LogP contribution in [0.25, 0.3) is 0 Å². The Morgan fingerprint density at radius 3 is 2.30 bits per heavy atom. The Bertz CT molecular complexity index is 618. The molecule has 1 heterocycles. The Balaban J connectivity index is 2.20. The van der Waals surface area contributed by atoms with Gasteiger partial charge in [-0.3, -0.25) is 9.78 Å². The molecule has 20 heavy (non-hydrogen) atoms. The van der Waals surface area contributed by atoms with Crippen LogP contribution < -0.4 is 5.32 Å². The molecule has 1 aromatic heterocycles. The summed E-state index contributed by atoms with van der Waals surface area (Å²) in [4.78, 5) is 16.4. The summed E-state index contributed by atoms with van der Waals surface area (Å²) in [6, 6.07) is 9.60. The fraction of sp³-hybridized carbons (Fsp3) is 0.294. The molecule has 104 valence electrons. The van der Waals surface area contributed by atoms with Crippen molar-refractivity contribution < 1.29 is 4.79 Å². The summed E-state index contributed by atoms with van der Waals surface area (Å²) in [6.07, 6.45) is 3.47. The summed E-state index contributed by atoms with van der Waals surface area (Å²) in [5.74, 6) is -0.0603. The van der Waals surface area contributed by atoms with Crippen molar-refractivity contribution in [2.24, 2.45) is 0 Å². The predicted molar refractivity (Wildman–Crippen MR) is 80.6 cm³/mol. The first-order valence-electron chi connectivity index (χ1n) is 6.70. The van der Waals surface area contributed by atoms with Gasteiger partial charge in [-0.15, -0.1) is 0 Å². The number of pyridine rings is 1. The largest absolute Gasteiger partial charge is 0.343 e. The van der Waals surface area contributed by atoms with Crippen LogP contribution >= 0.6 is 0 Å². The number of aromatic nitrogens is 1. The van der Waals surface area contributed by atoms with E-state index in [1.165, 1.54) is 5.56 Å². The van der Waals surface area contributed by atoms with Gasteiger partial charge in [-0.2, -0.15) is 0 Å². The van der Waals surface area contributed by atoms with Gasteiger partial charge in [0.25, 0.3) is 5.91 Å². The van der Waals surface area contributed by atoms with Gasteiger partial charge in [-0.25, -0.2) is 0 Å². The molecule has 0 fully saturated rings. The molecule has 0 unspecified atom stereocenters. The number of benzene rings is 1. The number of hydrogen-bond donors (Lipinski definition) is 1. The van der Waals surface area contributed by atoms with E-state index < -0.39 is 5.54 Å². The lowest BCUT2D eigenvalue weighted by Gasteiger charge is -2.27. The Kier molecular flexibility index (Phi) is 3.89. The van der Waals surface area contributed by atoms with Crippen LogP contribution in [0.1, 0.15) is 40.9 Å². The number of aryl methyl sites for hydroxylation is 2. The topological polar surface area (TPSA) is 42.0 Å². The van der Waals surface area contributed by atoms with E-state index in [0.29, 0.717) is 5.56 Å². The maximum absolute atomic E-state index is 12.4. The van der Waals surface area contributed by atoms with Gasteiger partial charge in [0, 0.05) is 18.0 Å². The third-order valence-electron chi connectivity index (χ3n) is 3.60. The second kappa shape index (κ2) is 5.45. The first kappa shape index (κ1) is 14.3. The summed E-state index contributed by atoms with van der Waals surface area (Å²) in [5.41, 5.74) is 3.60. The third-order valence-corrected chi connectivity index (χ3v) is 3.60. The number of carbonyl (C=O) groups excluding carboxylic acids is 1. The average Bonchev–Trinajstić information content (AvgIpc) is 2.42. The smallest absolute Gasteiger partial charge is 0.251 e. The molecule has 0 spiro atoms. The number of carbonyl (C=O) groups is 1. The molecule has 2 rings (SSSR count). The van der Waals surface area contributed by atoms with Gasteiger partial charge >= 0.3 is 0 Å². The number of rotatable bonds is 3. The Morgan fingerprint density at radius 1 is 1.05 bits per heavy atom. The number of nitrogens with zero attached hydrogens (tertiary/aromatic N) is 1. The van der Waals surface area contributed by atoms with E-state index in [9.17, 15) is 4.79 Å². The van der Waals surface area contributed by atoms with Crippen molar-refractivity contribution in [3.63, 3.8) is 0 Å². The van der Waals surface area contributed by atoms with E-state index in [-0.39, 0.29) is 5.91 Å². The molecule has 0 aliphatic rings. The van der Waals surface area contributed by atoms with Crippen molar-refractivity contribution in [3.05, 3.63) is 65.0 Å². The molecule has 0 bridgehead atoms. The second-order valence-corrected chi connectivity index (χ2v) is 5.61. The van der Waals surface area contributed by atoms with Crippen molar-refractivity contribution in [1.82, 2.24) is 10.3 Å². The Morgan fingerprint density at radius 2 is 1.70 bits per heavy atom. The fourth-order valence-electron chi connectivity index (χ4n) is 2.08. The van der Waals surface area contributed by atoms with Gasteiger partial charge in [0.2, 0.25) is 0 Å². The van der Waals surface area contributed by atoms with Crippen LogP contribution in [0.3, 0.4) is 0 Å². The maximum atomic E-state index is 12.4. The van der Waals surface area contributed by atoms with E-state index >= 15 is 0 Å². The van der Waals surface area contributed by atoms with Gasteiger partial charge in [0.05, 0.1) is 5.54 Å². The first-order chi connectivity index (χ1) is 9.40. The van der Waals surface area contributed by atoms with Crippen molar-refractivity contribution >= 4 is 5.91 Å². The molecule has 0 atom stereocenters. The quantitative estimate of drug-likeness (QED) is 0.927. The zero-order valence-electron chi connectivity index (χ0n) is 12.4. The van der Waals surface area contributed by atoms with Crippen molar-refractivity contribution in [2.45, 2.75) is 33.2 Å². The van der Waals surface area contributed by atoms with E-state index in [4.69, 9.17) is 0 Å². The normalized spacial score (nSPS) is 11.2. The minimum atomic E-state index is -0.432. The highest BCUT2D eigenvalue weighted by atomic mass is 16.1. The molecule has 3 nitrogen and oxygen atoms in total. The van der Waals surface area contributed by atoms with Crippen LogP contribution in [0.4, 0.5) is 0 Å². The predicted octanol–water partition coefficient (Wildman–Crippen LogP) is 3.36. The first-order valence-corrected chi connectivity index (χ1v) is 6.70. The van der Waals surface area contributed by atoms with Crippen molar-refractivity contribution in [2.75, 3.05) is 0 Å². The average molecular weight is 268 g/mol. The molecule has 0 aliphatic heterocycles. The third kappa shape index (κ3) is 3.05. The number of nitrogens with one attached hydrogen (secondary N) is 1. The van der Waals surface area contributed by atoms with Gasteiger partial charge in [-0.05, 0) is 68.7 Å². The molecule has 0 aliphatic carbocycles. The monoisotopic (exact) mass is 268 g/mol. The highest BCUT2D eigenvalue weighted by molar-refractivity contribution is 5.95. The molecule has 0 saturated carbocycles. The summed E-state index contributed by atoms with van der Waals surface area (Å²) in [5, 5.41) is 3.07. The zero-order valence-corrected chi connectivity index (χ0v) is 12.4. The highest BCUT2D eigenvalue weighted by Gasteiger charge is 2.23. The SMILES string of the molecule is Cc1ccc(C(=O)NC(C)(C)c2ccncc2)cc1C. The summed E-state index contributed by atoms with van der Waals surface area (Å²) < 4.78 is 0. The van der Waals surface area contributed by atoms with Crippen LogP contribution in [0.15, 0.2) is 42.7 Å². The zero-order chi connectivity index (χ0) is 14.8.